The molecular formula is C17H26IN5O2S. The Morgan fingerprint density at radius 3 is 2.46 bits per heavy atom. The lowest BCUT2D eigenvalue weighted by Crippen LogP contribution is -2.39. The second kappa shape index (κ2) is 11.2. The van der Waals surface area contributed by atoms with Crippen molar-refractivity contribution in [2.24, 2.45) is 4.99 Å². The van der Waals surface area contributed by atoms with Gasteiger partial charge in [0.1, 0.15) is 0 Å². The Morgan fingerprint density at radius 1 is 1.19 bits per heavy atom. The van der Waals surface area contributed by atoms with Crippen LogP contribution in [0.2, 0.25) is 0 Å². The second-order valence-electron chi connectivity index (χ2n) is 5.71. The molecule has 0 spiro atoms. The third-order valence-electron chi connectivity index (χ3n) is 3.70. The molecule has 0 atom stereocenters. The fourth-order valence-corrected chi connectivity index (χ4v) is 2.96. The third kappa shape index (κ3) is 7.73. The predicted molar refractivity (Wildman–Crippen MR) is 115 cm³/mol. The zero-order chi connectivity index (χ0) is 18.1. The fourth-order valence-electron chi connectivity index (χ4n) is 2.33. The number of benzene rings is 1. The first-order chi connectivity index (χ1) is 12.0. The van der Waals surface area contributed by atoms with E-state index < -0.39 is 9.84 Å². The topological polar surface area (TPSA) is 88.4 Å². The third-order valence-corrected chi connectivity index (χ3v) is 4.83. The molecule has 0 saturated carbocycles. The van der Waals surface area contributed by atoms with Gasteiger partial charge in [-0.3, -0.25) is 9.67 Å². The Balaban J connectivity index is 0.00000338. The van der Waals surface area contributed by atoms with Crippen molar-refractivity contribution >= 4 is 39.8 Å². The summed E-state index contributed by atoms with van der Waals surface area (Å²) in [7, 11) is -1.40. The minimum absolute atomic E-state index is 0. The molecule has 0 amide bonds. The van der Waals surface area contributed by atoms with Crippen LogP contribution in [0.15, 0.2) is 52.6 Å². The lowest BCUT2D eigenvalue weighted by Gasteiger charge is -2.12. The van der Waals surface area contributed by atoms with E-state index in [0.717, 1.165) is 44.0 Å². The Bertz CT molecular complexity index is 774. The maximum absolute atomic E-state index is 11.4. The van der Waals surface area contributed by atoms with Crippen LogP contribution < -0.4 is 10.6 Å². The van der Waals surface area contributed by atoms with Crippen LogP contribution in [0.1, 0.15) is 12.0 Å². The fraction of sp³-hybridized carbons (Fsp3) is 0.412. The Labute approximate surface area is 172 Å². The van der Waals surface area contributed by atoms with Gasteiger partial charge >= 0.3 is 0 Å². The number of nitrogens with zero attached hydrogens (tertiary/aromatic N) is 3. The van der Waals surface area contributed by atoms with E-state index in [0.29, 0.717) is 4.90 Å². The molecule has 0 aliphatic carbocycles. The highest BCUT2D eigenvalue weighted by atomic mass is 127. The standard InChI is InChI=1S/C17H25N5O2S.HI/c1-18-17(19-10-3-13-22-14-4-11-21-22)20-12-9-15-5-7-16(8-6-15)25(2,23)24;/h4-8,11,14H,3,9-10,12-13H2,1-2H3,(H2,18,19,20);1H. The van der Waals surface area contributed by atoms with E-state index in [1.807, 2.05) is 29.1 Å². The summed E-state index contributed by atoms with van der Waals surface area (Å²) in [5.74, 6) is 0.758. The van der Waals surface area contributed by atoms with Gasteiger partial charge in [-0.2, -0.15) is 5.10 Å². The van der Waals surface area contributed by atoms with Gasteiger partial charge in [0.2, 0.25) is 0 Å². The second-order valence-corrected chi connectivity index (χ2v) is 7.73. The normalized spacial score (nSPS) is 11.7. The number of hydrogen-bond donors (Lipinski definition) is 2. The van der Waals surface area contributed by atoms with E-state index in [9.17, 15) is 8.42 Å². The van der Waals surface area contributed by atoms with Crippen LogP contribution in [0.4, 0.5) is 0 Å². The summed E-state index contributed by atoms with van der Waals surface area (Å²) < 4.78 is 24.8. The number of guanidine groups is 1. The van der Waals surface area contributed by atoms with Gasteiger partial charge in [0.25, 0.3) is 0 Å². The molecule has 0 unspecified atom stereocenters. The van der Waals surface area contributed by atoms with Crippen molar-refractivity contribution in [3.8, 4) is 0 Å². The van der Waals surface area contributed by atoms with Crippen molar-refractivity contribution in [2.45, 2.75) is 24.3 Å². The summed E-state index contributed by atoms with van der Waals surface area (Å²) >= 11 is 0. The van der Waals surface area contributed by atoms with E-state index in [1.54, 1.807) is 25.4 Å². The van der Waals surface area contributed by atoms with Crippen molar-refractivity contribution in [1.29, 1.82) is 0 Å². The Kier molecular flexibility index (Phi) is 9.63. The molecule has 2 aromatic rings. The average molecular weight is 491 g/mol. The van der Waals surface area contributed by atoms with Crippen molar-refractivity contribution in [3.05, 3.63) is 48.3 Å². The highest BCUT2D eigenvalue weighted by molar-refractivity contribution is 14.0. The maximum atomic E-state index is 11.4. The van der Waals surface area contributed by atoms with Gasteiger partial charge < -0.3 is 10.6 Å². The number of sulfone groups is 1. The highest BCUT2D eigenvalue weighted by Crippen LogP contribution is 2.10. The summed E-state index contributed by atoms with van der Waals surface area (Å²) in [5, 5.41) is 10.7. The van der Waals surface area contributed by atoms with E-state index in [2.05, 4.69) is 20.7 Å². The van der Waals surface area contributed by atoms with E-state index >= 15 is 0 Å². The van der Waals surface area contributed by atoms with Crippen LogP contribution in [0.3, 0.4) is 0 Å². The first-order valence-corrected chi connectivity index (χ1v) is 10.1. The molecule has 2 rings (SSSR count). The molecule has 9 heteroatoms. The molecule has 0 aliphatic heterocycles. The summed E-state index contributed by atoms with van der Waals surface area (Å²) in [6.45, 7) is 2.39. The zero-order valence-corrected chi connectivity index (χ0v) is 18.2. The van der Waals surface area contributed by atoms with Gasteiger partial charge in [0.15, 0.2) is 15.8 Å². The van der Waals surface area contributed by atoms with Crippen LogP contribution in [-0.2, 0) is 22.8 Å². The lowest BCUT2D eigenvalue weighted by atomic mass is 10.1. The average Bonchev–Trinajstić information content (AvgIpc) is 3.10. The first kappa shape index (κ1) is 22.4. The Morgan fingerprint density at radius 2 is 1.88 bits per heavy atom. The molecule has 0 bridgehead atoms. The molecular weight excluding hydrogens is 465 g/mol. The number of aryl methyl sites for hydroxylation is 1. The monoisotopic (exact) mass is 491 g/mol. The summed E-state index contributed by atoms with van der Waals surface area (Å²) in [4.78, 5) is 4.54. The van der Waals surface area contributed by atoms with E-state index in [4.69, 9.17) is 0 Å². The van der Waals surface area contributed by atoms with Crippen molar-refractivity contribution < 1.29 is 8.42 Å². The SMILES string of the molecule is CN=C(NCCCn1cccn1)NCCc1ccc(S(C)(=O)=O)cc1.I. The zero-order valence-electron chi connectivity index (χ0n) is 15.1. The molecule has 1 aromatic heterocycles. The minimum atomic E-state index is -3.14. The molecule has 1 heterocycles. The van der Waals surface area contributed by atoms with Crippen LogP contribution in [-0.4, -0.2) is 50.6 Å². The van der Waals surface area contributed by atoms with Crippen molar-refractivity contribution in [1.82, 2.24) is 20.4 Å². The van der Waals surface area contributed by atoms with Crippen LogP contribution in [0.25, 0.3) is 0 Å². The van der Waals surface area contributed by atoms with Gasteiger partial charge in [-0.15, -0.1) is 24.0 Å². The molecule has 144 valence electrons. The molecule has 0 aliphatic rings. The number of hydrogen-bond acceptors (Lipinski definition) is 4. The number of aromatic nitrogens is 2. The minimum Gasteiger partial charge on any atom is -0.356 e. The highest BCUT2D eigenvalue weighted by Gasteiger charge is 2.06. The van der Waals surface area contributed by atoms with Gasteiger partial charge in [-0.1, -0.05) is 12.1 Å². The van der Waals surface area contributed by atoms with E-state index in [1.165, 1.54) is 6.26 Å². The summed E-state index contributed by atoms with van der Waals surface area (Å²) in [6, 6.07) is 8.90. The molecule has 0 saturated heterocycles. The smallest absolute Gasteiger partial charge is 0.190 e. The first-order valence-electron chi connectivity index (χ1n) is 8.20. The molecule has 7 nitrogen and oxygen atoms in total. The van der Waals surface area contributed by atoms with Gasteiger partial charge in [0, 0.05) is 45.3 Å². The van der Waals surface area contributed by atoms with E-state index in [-0.39, 0.29) is 24.0 Å². The maximum Gasteiger partial charge on any atom is 0.190 e. The summed E-state index contributed by atoms with van der Waals surface area (Å²) in [6.07, 6.45) is 6.68. The van der Waals surface area contributed by atoms with Crippen molar-refractivity contribution in [3.63, 3.8) is 0 Å². The van der Waals surface area contributed by atoms with Crippen LogP contribution in [0, 0.1) is 0 Å². The van der Waals surface area contributed by atoms with Crippen LogP contribution >= 0.6 is 24.0 Å². The molecule has 0 radical (unpaired) electrons. The molecule has 0 fully saturated rings. The lowest BCUT2D eigenvalue weighted by molar-refractivity contribution is 0.570. The van der Waals surface area contributed by atoms with Gasteiger partial charge in [-0.05, 0) is 36.6 Å². The quantitative estimate of drug-likeness (QED) is 0.254. The van der Waals surface area contributed by atoms with Crippen LogP contribution in [0.5, 0.6) is 0 Å². The van der Waals surface area contributed by atoms with Crippen molar-refractivity contribution in [2.75, 3.05) is 26.4 Å². The van der Waals surface area contributed by atoms with Gasteiger partial charge in [-0.25, -0.2) is 8.42 Å². The van der Waals surface area contributed by atoms with Gasteiger partial charge in [0.05, 0.1) is 4.90 Å². The number of nitrogens with one attached hydrogen (secondary N) is 2. The Hall–Kier alpha value is -1.62. The molecule has 26 heavy (non-hydrogen) atoms. The predicted octanol–water partition coefficient (Wildman–Crippen LogP) is 1.70. The largest absolute Gasteiger partial charge is 0.356 e. The number of halogens is 1. The molecule has 2 N–H and O–H groups in total. The summed E-state index contributed by atoms with van der Waals surface area (Å²) in [5.41, 5.74) is 1.08. The molecule has 1 aromatic carbocycles. The number of rotatable bonds is 8. The number of aliphatic imine (C=N–C) groups is 1.